The molecule has 1 aliphatic heterocycles. The lowest BCUT2D eigenvalue weighted by Crippen LogP contribution is -2.37. The third kappa shape index (κ3) is 2.75. The number of ether oxygens (including phenoxy) is 1. The van der Waals surface area contributed by atoms with Gasteiger partial charge in [-0.25, -0.2) is 4.98 Å². The molecule has 2 heterocycles. The normalized spacial score (nSPS) is 16.8. The molecule has 19 heavy (non-hydrogen) atoms. The van der Waals surface area contributed by atoms with E-state index in [2.05, 4.69) is 27.5 Å². The molecule has 0 spiro atoms. The molecular weight excluding hydrogens is 324 g/mol. The predicted molar refractivity (Wildman–Crippen MR) is 79.7 cm³/mol. The van der Waals surface area contributed by atoms with Gasteiger partial charge in [0.1, 0.15) is 12.5 Å². The van der Waals surface area contributed by atoms with E-state index in [1.165, 1.54) is 0 Å². The van der Waals surface area contributed by atoms with Gasteiger partial charge in [-0.1, -0.05) is 6.55 Å². The van der Waals surface area contributed by atoms with Gasteiger partial charge in [0.15, 0.2) is 0 Å². The fourth-order valence-electron chi connectivity index (χ4n) is 2.11. The quantitative estimate of drug-likeness (QED) is 0.611. The summed E-state index contributed by atoms with van der Waals surface area (Å²) in [5.74, 6) is 0.768. The molecule has 2 rings (SSSR count). The lowest BCUT2D eigenvalue weighted by atomic mass is 9.87. The number of carbonyl (C=O) groups excluding carboxylic acids is 1. The number of rotatable bonds is 5. The number of anilines is 1. The molecule has 0 N–H and O–H groups in total. The van der Waals surface area contributed by atoms with Crippen molar-refractivity contribution in [2.24, 2.45) is 0 Å². The summed E-state index contributed by atoms with van der Waals surface area (Å²) in [4.78, 5) is 18.5. The molecule has 1 aliphatic rings. The summed E-state index contributed by atoms with van der Waals surface area (Å²) in [7, 11) is 0.872. The summed E-state index contributed by atoms with van der Waals surface area (Å²) < 4.78 is 6.46. The number of carbonyl (C=O) groups is 1. The molecule has 0 saturated heterocycles. The molecule has 0 fully saturated rings. The molecule has 0 unspecified atom stereocenters. The number of amides is 1. The zero-order valence-corrected chi connectivity index (χ0v) is 14.0. The van der Waals surface area contributed by atoms with Crippen LogP contribution in [-0.4, -0.2) is 33.7 Å². The Balaban J connectivity index is 2.20. The first-order chi connectivity index (χ1) is 8.98. The first-order valence-electron chi connectivity index (χ1n) is 6.19. The topological polar surface area (TPSA) is 42.4 Å². The fraction of sp³-hybridized carbons (Fsp3) is 0.538. The van der Waals surface area contributed by atoms with Gasteiger partial charge in [-0.2, -0.15) is 0 Å². The van der Waals surface area contributed by atoms with Gasteiger partial charge in [0.2, 0.25) is 5.91 Å². The van der Waals surface area contributed by atoms with Crippen molar-refractivity contribution < 1.29 is 9.53 Å². The van der Waals surface area contributed by atoms with Gasteiger partial charge in [0.05, 0.1) is 5.41 Å². The van der Waals surface area contributed by atoms with Crippen LogP contribution in [0, 0.1) is 0 Å². The molecule has 0 bridgehead atoms. The number of nitrogens with zero attached hydrogens (tertiary/aromatic N) is 2. The maximum Gasteiger partial charge on any atom is 0.240 e. The van der Waals surface area contributed by atoms with E-state index in [0.717, 1.165) is 31.4 Å². The summed E-state index contributed by atoms with van der Waals surface area (Å²) in [6.45, 7) is 6.96. The Labute approximate surface area is 124 Å². The Morgan fingerprint density at radius 3 is 2.95 bits per heavy atom. The molecule has 6 heteroatoms. The van der Waals surface area contributed by atoms with Crippen molar-refractivity contribution in [1.29, 1.82) is 0 Å². The third-order valence-corrected chi connectivity index (χ3v) is 4.40. The van der Waals surface area contributed by atoms with E-state index < -0.39 is 5.41 Å². The van der Waals surface area contributed by atoms with Crippen molar-refractivity contribution in [1.82, 2.24) is 4.98 Å². The Morgan fingerprint density at radius 1 is 1.53 bits per heavy atom. The molecule has 2 radical (unpaired) electrons. The van der Waals surface area contributed by atoms with Crippen molar-refractivity contribution in [2.45, 2.75) is 31.9 Å². The third-order valence-electron chi connectivity index (χ3n) is 3.26. The summed E-state index contributed by atoms with van der Waals surface area (Å²) in [6, 6.07) is 3.00. The van der Waals surface area contributed by atoms with E-state index in [1.54, 1.807) is 11.1 Å². The van der Waals surface area contributed by atoms with Gasteiger partial charge >= 0.3 is 0 Å². The summed E-state index contributed by atoms with van der Waals surface area (Å²) in [5.41, 5.74) is 0.412. The second-order valence-corrected chi connectivity index (χ2v) is 7.15. The molecule has 0 saturated carbocycles. The first kappa shape index (κ1) is 14.7. The minimum Gasteiger partial charge on any atom is -0.361 e. The van der Waals surface area contributed by atoms with Crippen molar-refractivity contribution >= 4 is 37.2 Å². The van der Waals surface area contributed by atoms with Gasteiger partial charge in [-0.05, 0) is 41.9 Å². The fourth-order valence-corrected chi connectivity index (χ4v) is 2.79. The van der Waals surface area contributed by atoms with Crippen molar-refractivity contribution in [3.63, 3.8) is 0 Å². The van der Waals surface area contributed by atoms with Crippen LogP contribution in [0.2, 0.25) is 12.6 Å². The number of pyridine rings is 1. The second-order valence-electron chi connectivity index (χ2n) is 5.02. The maximum atomic E-state index is 12.5. The minimum absolute atomic E-state index is 0.0482. The molecule has 1 aromatic rings. The first-order valence-corrected chi connectivity index (χ1v) is 8.69. The predicted octanol–water partition coefficient (Wildman–Crippen LogP) is 2.61. The van der Waals surface area contributed by atoms with E-state index in [1.807, 2.05) is 19.9 Å². The number of hydrogen-bond donors (Lipinski definition) is 0. The molecule has 1 aromatic heterocycles. The highest BCUT2D eigenvalue weighted by Gasteiger charge is 2.45. The number of fused-ring (bicyclic) bond motifs is 1. The van der Waals surface area contributed by atoms with Crippen molar-refractivity contribution in [2.75, 3.05) is 18.2 Å². The van der Waals surface area contributed by atoms with Crippen molar-refractivity contribution in [3.8, 4) is 0 Å². The van der Waals surface area contributed by atoms with Crippen LogP contribution >= 0.6 is 15.9 Å². The number of halogens is 1. The number of aromatic nitrogens is 1. The van der Waals surface area contributed by atoms with Crippen LogP contribution in [0.4, 0.5) is 5.82 Å². The van der Waals surface area contributed by atoms with E-state index in [9.17, 15) is 4.79 Å². The largest absolute Gasteiger partial charge is 0.361 e. The standard InChI is InChI=1S/C13H17BrN2O2Si/c1-13(2)10-6-9(14)7-15-11(10)16(12(13)17)8-18-4-5-19-3/h6-7H,4-5,8H2,1-3H3. The highest BCUT2D eigenvalue weighted by Crippen LogP contribution is 2.40. The van der Waals surface area contributed by atoms with E-state index >= 15 is 0 Å². The van der Waals surface area contributed by atoms with Crippen LogP contribution < -0.4 is 4.90 Å². The summed E-state index contributed by atoms with van der Waals surface area (Å²) in [5, 5.41) is 0. The lowest BCUT2D eigenvalue weighted by Gasteiger charge is -2.19. The average molecular weight is 341 g/mol. The monoisotopic (exact) mass is 340 g/mol. The second kappa shape index (κ2) is 5.72. The zero-order chi connectivity index (χ0) is 14.0. The van der Waals surface area contributed by atoms with Crippen LogP contribution in [0.5, 0.6) is 0 Å². The van der Waals surface area contributed by atoms with Gasteiger partial charge in [0.25, 0.3) is 0 Å². The van der Waals surface area contributed by atoms with Gasteiger partial charge in [-0.3, -0.25) is 9.69 Å². The van der Waals surface area contributed by atoms with E-state index in [4.69, 9.17) is 4.74 Å². The average Bonchev–Trinajstić information content (AvgIpc) is 2.55. The maximum absolute atomic E-state index is 12.5. The van der Waals surface area contributed by atoms with Gasteiger partial charge in [0, 0.05) is 32.4 Å². The van der Waals surface area contributed by atoms with Crippen LogP contribution in [0.15, 0.2) is 16.7 Å². The molecule has 0 atom stereocenters. The lowest BCUT2D eigenvalue weighted by molar-refractivity contribution is -0.123. The molecule has 1 amide bonds. The Kier molecular flexibility index (Phi) is 4.42. The van der Waals surface area contributed by atoms with Gasteiger partial charge in [-0.15, -0.1) is 0 Å². The molecule has 0 aliphatic carbocycles. The van der Waals surface area contributed by atoms with Crippen LogP contribution in [0.3, 0.4) is 0 Å². The minimum atomic E-state index is -0.540. The SMILES string of the molecule is C[Si]CCOCN1C(=O)C(C)(C)c2cc(Br)cnc21. The van der Waals surface area contributed by atoms with Crippen LogP contribution in [0.25, 0.3) is 0 Å². The van der Waals surface area contributed by atoms with Crippen LogP contribution in [0.1, 0.15) is 19.4 Å². The zero-order valence-electron chi connectivity index (χ0n) is 11.4. The summed E-state index contributed by atoms with van der Waals surface area (Å²) >= 11 is 3.41. The Hall–Kier alpha value is -0.723. The van der Waals surface area contributed by atoms with Gasteiger partial charge < -0.3 is 4.74 Å². The number of hydrogen-bond acceptors (Lipinski definition) is 3. The Morgan fingerprint density at radius 2 is 2.26 bits per heavy atom. The molecule has 102 valence electrons. The Bertz CT molecular complexity index is 494. The van der Waals surface area contributed by atoms with Crippen LogP contribution in [-0.2, 0) is 14.9 Å². The highest BCUT2D eigenvalue weighted by atomic mass is 79.9. The van der Waals surface area contributed by atoms with E-state index in [0.29, 0.717) is 6.61 Å². The van der Waals surface area contributed by atoms with E-state index in [-0.39, 0.29) is 12.6 Å². The molecule has 0 aromatic carbocycles. The molecular formula is C13H17BrN2O2Si. The molecule has 4 nitrogen and oxygen atoms in total. The smallest absolute Gasteiger partial charge is 0.240 e. The highest BCUT2D eigenvalue weighted by molar-refractivity contribution is 9.10. The summed E-state index contributed by atoms with van der Waals surface area (Å²) in [6.07, 6.45) is 1.72. The van der Waals surface area contributed by atoms with Crippen molar-refractivity contribution in [3.05, 3.63) is 22.3 Å².